The molecule has 2 aromatic rings. The van der Waals surface area contributed by atoms with E-state index in [0.29, 0.717) is 12.5 Å². The standard InChI is InChI=1S/C14H20N6/c1-4-20(9-12-7-5-6-11(3)17-12)13-10(2)8-16-14(18-13)19-15/h5-8H,4,9,15H2,1-3H3,(H,16,18,19). The van der Waals surface area contributed by atoms with E-state index in [2.05, 4.69) is 32.2 Å². The third kappa shape index (κ3) is 3.21. The average molecular weight is 272 g/mol. The zero-order chi connectivity index (χ0) is 14.5. The first kappa shape index (κ1) is 14.2. The molecule has 0 aliphatic heterocycles. The van der Waals surface area contributed by atoms with Crippen LogP contribution in [0, 0.1) is 13.8 Å². The number of nitrogens with two attached hydrogens (primary N) is 1. The minimum Gasteiger partial charge on any atom is -0.351 e. The summed E-state index contributed by atoms with van der Waals surface area (Å²) in [6, 6.07) is 6.03. The Balaban J connectivity index is 2.28. The number of hydrazine groups is 1. The third-order valence-corrected chi connectivity index (χ3v) is 3.05. The number of rotatable bonds is 5. The van der Waals surface area contributed by atoms with Gasteiger partial charge in [0.15, 0.2) is 0 Å². The molecule has 0 atom stereocenters. The van der Waals surface area contributed by atoms with E-state index in [4.69, 9.17) is 5.84 Å². The Hall–Kier alpha value is -2.21. The summed E-state index contributed by atoms with van der Waals surface area (Å²) in [7, 11) is 0. The largest absolute Gasteiger partial charge is 0.351 e. The van der Waals surface area contributed by atoms with Gasteiger partial charge in [0, 0.05) is 24.0 Å². The molecule has 0 amide bonds. The highest BCUT2D eigenvalue weighted by Crippen LogP contribution is 2.19. The van der Waals surface area contributed by atoms with Gasteiger partial charge < -0.3 is 4.90 Å². The van der Waals surface area contributed by atoms with Crippen molar-refractivity contribution < 1.29 is 0 Å². The number of pyridine rings is 1. The second-order valence-corrected chi connectivity index (χ2v) is 4.63. The third-order valence-electron chi connectivity index (χ3n) is 3.05. The fourth-order valence-corrected chi connectivity index (χ4v) is 2.04. The van der Waals surface area contributed by atoms with E-state index in [9.17, 15) is 0 Å². The Bertz CT molecular complexity index is 584. The van der Waals surface area contributed by atoms with E-state index in [1.54, 1.807) is 6.20 Å². The molecule has 0 unspecified atom stereocenters. The SMILES string of the molecule is CCN(Cc1cccc(C)n1)c1nc(NN)ncc1C. The molecule has 0 spiro atoms. The van der Waals surface area contributed by atoms with Crippen molar-refractivity contribution in [1.29, 1.82) is 0 Å². The van der Waals surface area contributed by atoms with Crippen LogP contribution in [0.5, 0.6) is 0 Å². The van der Waals surface area contributed by atoms with Gasteiger partial charge in [-0.05, 0) is 32.9 Å². The van der Waals surface area contributed by atoms with E-state index in [-0.39, 0.29) is 0 Å². The monoisotopic (exact) mass is 272 g/mol. The minimum absolute atomic E-state index is 0.418. The van der Waals surface area contributed by atoms with E-state index in [0.717, 1.165) is 29.3 Å². The van der Waals surface area contributed by atoms with Crippen LogP contribution in [0.15, 0.2) is 24.4 Å². The number of nitrogens with one attached hydrogen (secondary N) is 1. The summed E-state index contributed by atoms with van der Waals surface area (Å²) in [4.78, 5) is 15.2. The summed E-state index contributed by atoms with van der Waals surface area (Å²) < 4.78 is 0. The summed E-state index contributed by atoms with van der Waals surface area (Å²) in [5.74, 6) is 6.67. The fraction of sp³-hybridized carbons (Fsp3) is 0.357. The maximum Gasteiger partial charge on any atom is 0.239 e. The van der Waals surface area contributed by atoms with Crippen LogP contribution in [0.2, 0.25) is 0 Å². The predicted molar refractivity (Wildman–Crippen MR) is 80.3 cm³/mol. The van der Waals surface area contributed by atoms with Gasteiger partial charge in [0.2, 0.25) is 5.95 Å². The van der Waals surface area contributed by atoms with Gasteiger partial charge in [0.1, 0.15) is 5.82 Å². The quantitative estimate of drug-likeness (QED) is 0.638. The van der Waals surface area contributed by atoms with Gasteiger partial charge in [0.05, 0.1) is 12.2 Å². The zero-order valence-corrected chi connectivity index (χ0v) is 12.1. The molecule has 106 valence electrons. The molecular formula is C14H20N6. The first-order valence-corrected chi connectivity index (χ1v) is 6.61. The molecule has 0 saturated heterocycles. The first-order chi connectivity index (χ1) is 9.63. The van der Waals surface area contributed by atoms with Gasteiger partial charge in [0.25, 0.3) is 0 Å². The van der Waals surface area contributed by atoms with E-state index in [1.807, 2.05) is 32.0 Å². The predicted octanol–water partition coefficient (Wildman–Crippen LogP) is 1.80. The normalized spacial score (nSPS) is 10.4. The molecule has 2 aromatic heterocycles. The molecule has 3 N–H and O–H groups in total. The summed E-state index contributed by atoms with van der Waals surface area (Å²) >= 11 is 0. The van der Waals surface area contributed by atoms with Crippen molar-refractivity contribution in [3.8, 4) is 0 Å². The summed E-state index contributed by atoms with van der Waals surface area (Å²) in [5, 5.41) is 0. The van der Waals surface area contributed by atoms with Crippen molar-refractivity contribution in [2.45, 2.75) is 27.3 Å². The smallest absolute Gasteiger partial charge is 0.239 e. The fourth-order valence-electron chi connectivity index (χ4n) is 2.04. The molecule has 2 rings (SSSR count). The van der Waals surface area contributed by atoms with Crippen LogP contribution >= 0.6 is 0 Å². The first-order valence-electron chi connectivity index (χ1n) is 6.61. The Morgan fingerprint density at radius 2 is 2.05 bits per heavy atom. The molecule has 0 bridgehead atoms. The lowest BCUT2D eigenvalue weighted by atomic mass is 10.2. The van der Waals surface area contributed by atoms with Gasteiger partial charge in [-0.1, -0.05) is 6.07 Å². The van der Waals surface area contributed by atoms with Crippen LogP contribution in [-0.2, 0) is 6.54 Å². The Kier molecular flexibility index (Phi) is 4.47. The summed E-state index contributed by atoms with van der Waals surface area (Å²) in [6.45, 7) is 7.61. The van der Waals surface area contributed by atoms with E-state index >= 15 is 0 Å². The highest BCUT2D eigenvalue weighted by molar-refractivity contribution is 5.48. The lowest BCUT2D eigenvalue weighted by molar-refractivity contribution is 0.783. The second-order valence-electron chi connectivity index (χ2n) is 4.63. The number of anilines is 2. The van der Waals surface area contributed by atoms with Crippen molar-refractivity contribution in [1.82, 2.24) is 15.0 Å². The van der Waals surface area contributed by atoms with E-state index < -0.39 is 0 Å². The zero-order valence-electron chi connectivity index (χ0n) is 12.1. The molecule has 20 heavy (non-hydrogen) atoms. The topological polar surface area (TPSA) is 80.0 Å². The number of aromatic nitrogens is 3. The second kappa shape index (κ2) is 6.29. The highest BCUT2D eigenvalue weighted by atomic mass is 15.3. The van der Waals surface area contributed by atoms with Gasteiger partial charge in [-0.15, -0.1) is 0 Å². The van der Waals surface area contributed by atoms with Crippen LogP contribution in [0.1, 0.15) is 23.9 Å². The van der Waals surface area contributed by atoms with Crippen molar-refractivity contribution >= 4 is 11.8 Å². The minimum atomic E-state index is 0.418. The molecule has 0 fully saturated rings. The molecule has 6 heteroatoms. The van der Waals surface area contributed by atoms with Crippen LogP contribution < -0.4 is 16.2 Å². The Morgan fingerprint density at radius 1 is 1.25 bits per heavy atom. The molecule has 0 aliphatic rings. The lowest BCUT2D eigenvalue weighted by Gasteiger charge is -2.23. The summed E-state index contributed by atoms with van der Waals surface area (Å²) in [6.07, 6.45) is 1.77. The highest BCUT2D eigenvalue weighted by Gasteiger charge is 2.12. The van der Waals surface area contributed by atoms with Gasteiger partial charge in [-0.3, -0.25) is 10.4 Å². The van der Waals surface area contributed by atoms with Crippen molar-refractivity contribution in [3.05, 3.63) is 41.3 Å². The van der Waals surface area contributed by atoms with Crippen LogP contribution in [0.3, 0.4) is 0 Å². The number of nitrogen functional groups attached to an aromatic ring is 1. The maximum atomic E-state index is 5.38. The molecule has 0 aromatic carbocycles. The molecule has 2 heterocycles. The van der Waals surface area contributed by atoms with Crippen LogP contribution in [-0.4, -0.2) is 21.5 Å². The van der Waals surface area contributed by atoms with Crippen molar-refractivity contribution in [2.75, 3.05) is 16.9 Å². The summed E-state index contributed by atoms with van der Waals surface area (Å²) in [5.41, 5.74) is 5.53. The molecule has 0 saturated carbocycles. The maximum absolute atomic E-state index is 5.38. The molecule has 0 radical (unpaired) electrons. The van der Waals surface area contributed by atoms with Crippen LogP contribution in [0.4, 0.5) is 11.8 Å². The number of hydrogen-bond acceptors (Lipinski definition) is 6. The number of hydrogen-bond donors (Lipinski definition) is 2. The van der Waals surface area contributed by atoms with Gasteiger partial charge in [-0.2, -0.15) is 4.98 Å². The van der Waals surface area contributed by atoms with Crippen LogP contribution in [0.25, 0.3) is 0 Å². The van der Waals surface area contributed by atoms with Gasteiger partial charge >= 0.3 is 0 Å². The molecule has 0 aliphatic carbocycles. The average Bonchev–Trinajstić information content (AvgIpc) is 2.46. The van der Waals surface area contributed by atoms with E-state index in [1.165, 1.54) is 0 Å². The lowest BCUT2D eigenvalue weighted by Crippen LogP contribution is -2.25. The van der Waals surface area contributed by atoms with Crippen molar-refractivity contribution in [3.63, 3.8) is 0 Å². The Morgan fingerprint density at radius 3 is 2.70 bits per heavy atom. The Labute approximate surface area is 119 Å². The number of aryl methyl sites for hydroxylation is 2. The molecular weight excluding hydrogens is 252 g/mol. The number of nitrogens with zero attached hydrogens (tertiary/aromatic N) is 4. The van der Waals surface area contributed by atoms with Gasteiger partial charge in [-0.25, -0.2) is 10.8 Å². The molecule has 6 nitrogen and oxygen atoms in total. The van der Waals surface area contributed by atoms with Crippen molar-refractivity contribution in [2.24, 2.45) is 5.84 Å².